The Morgan fingerprint density at radius 2 is 1.73 bits per heavy atom. The van der Waals surface area contributed by atoms with Crippen molar-refractivity contribution in [2.24, 2.45) is 0 Å². The molecule has 0 spiro atoms. The van der Waals surface area contributed by atoms with E-state index in [2.05, 4.69) is 35.9 Å². The first kappa shape index (κ1) is 21.5. The van der Waals surface area contributed by atoms with Crippen LogP contribution in [0.3, 0.4) is 0 Å². The average Bonchev–Trinajstić information content (AvgIpc) is 2.74. The Hall–Kier alpha value is -3.18. The maximum atomic E-state index is 12.5. The predicted octanol–water partition coefficient (Wildman–Crippen LogP) is 3.31. The Morgan fingerprint density at radius 1 is 1.00 bits per heavy atom. The summed E-state index contributed by atoms with van der Waals surface area (Å²) >= 11 is 3.33. The summed E-state index contributed by atoms with van der Waals surface area (Å²) in [5.41, 5.74) is 0.855. The van der Waals surface area contributed by atoms with Crippen LogP contribution in [0.15, 0.2) is 64.2 Å². The number of ether oxygens (including phenoxy) is 2. The van der Waals surface area contributed by atoms with Gasteiger partial charge in [0.1, 0.15) is 17.9 Å². The van der Waals surface area contributed by atoms with Gasteiger partial charge < -0.3 is 14.8 Å². The van der Waals surface area contributed by atoms with Gasteiger partial charge in [0.15, 0.2) is 0 Å². The molecule has 0 unspecified atom stereocenters. The van der Waals surface area contributed by atoms with Gasteiger partial charge in [0.2, 0.25) is 5.88 Å². The highest BCUT2D eigenvalue weighted by Gasteiger charge is 2.16. The lowest BCUT2D eigenvalue weighted by Crippen LogP contribution is -2.15. The van der Waals surface area contributed by atoms with Crippen LogP contribution in [0.1, 0.15) is 10.4 Å². The number of hydrogen-bond donors (Lipinski definition) is 2. The Morgan fingerprint density at radius 3 is 2.37 bits per heavy atom. The Labute approximate surface area is 181 Å². The summed E-state index contributed by atoms with van der Waals surface area (Å²) in [5, 5.41) is 2.71. The fourth-order valence-electron chi connectivity index (χ4n) is 2.43. The number of benzene rings is 2. The SMILES string of the molecule is COc1cc(NS(=O)(=O)c2ccc(NC(=O)c3ccc(OC)c(Br)c3)cc2)ncn1. The smallest absolute Gasteiger partial charge is 0.263 e. The lowest BCUT2D eigenvalue weighted by molar-refractivity contribution is 0.102. The van der Waals surface area contributed by atoms with Crippen molar-refractivity contribution in [3.8, 4) is 11.6 Å². The van der Waals surface area contributed by atoms with Crippen molar-refractivity contribution in [3.05, 3.63) is 64.9 Å². The minimum atomic E-state index is -3.88. The van der Waals surface area contributed by atoms with Crippen LogP contribution < -0.4 is 19.5 Å². The molecule has 0 saturated heterocycles. The molecule has 0 aliphatic rings. The van der Waals surface area contributed by atoms with Gasteiger partial charge in [0.25, 0.3) is 15.9 Å². The molecular formula is C19H17BrN4O5S. The number of halogens is 1. The number of carbonyl (C=O) groups excluding carboxylic acids is 1. The van der Waals surface area contributed by atoms with Crippen LogP contribution in [0.5, 0.6) is 11.6 Å². The zero-order chi connectivity index (χ0) is 21.7. The highest BCUT2D eigenvalue weighted by atomic mass is 79.9. The normalized spacial score (nSPS) is 10.9. The molecule has 3 aromatic rings. The van der Waals surface area contributed by atoms with E-state index in [-0.39, 0.29) is 22.5 Å². The Balaban J connectivity index is 1.72. The number of sulfonamides is 1. The highest BCUT2D eigenvalue weighted by Crippen LogP contribution is 2.26. The van der Waals surface area contributed by atoms with Gasteiger partial charge in [0.05, 0.1) is 23.6 Å². The van der Waals surface area contributed by atoms with Crippen LogP contribution in [0.2, 0.25) is 0 Å². The van der Waals surface area contributed by atoms with Crippen LogP contribution in [0, 0.1) is 0 Å². The van der Waals surface area contributed by atoms with Crippen molar-refractivity contribution in [2.75, 3.05) is 24.3 Å². The minimum Gasteiger partial charge on any atom is -0.496 e. The largest absolute Gasteiger partial charge is 0.496 e. The van der Waals surface area contributed by atoms with Gasteiger partial charge in [-0.3, -0.25) is 9.52 Å². The quantitative estimate of drug-likeness (QED) is 0.518. The molecule has 2 N–H and O–H groups in total. The van der Waals surface area contributed by atoms with E-state index in [0.29, 0.717) is 21.5 Å². The van der Waals surface area contributed by atoms with Crippen LogP contribution in [0.4, 0.5) is 11.5 Å². The van der Waals surface area contributed by atoms with Crippen molar-refractivity contribution < 1.29 is 22.7 Å². The zero-order valence-corrected chi connectivity index (χ0v) is 18.3. The number of hydrogen-bond acceptors (Lipinski definition) is 7. The summed E-state index contributed by atoms with van der Waals surface area (Å²) in [5.74, 6) is 0.560. The minimum absolute atomic E-state index is 0.00488. The highest BCUT2D eigenvalue weighted by molar-refractivity contribution is 9.10. The lowest BCUT2D eigenvalue weighted by Gasteiger charge is -2.10. The molecule has 156 valence electrons. The van der Waals surface area contributed by atoms with Crippen LogP contribution in [-0.2, 0) is 10.0 Å². The maximum Gasteiger partial charge on any atom is 0.263 e. The van der Waals surface area contributed by atoms with Gasteiger partial charge in [0, 0.05) is 17.3 Å². The molecule has 0 saturated carbocycles. The van der Waals surface area contributed by atoms with Crippen molar-refractivity contribution in [1.82, 2.24) is 9.97 Å². The van der Waals surface area contributed by atoms with Gasteiger partial charge in [-0.15, -0.1) is 0 Å². The first-order valence-electron chi connectivity index (χ1n) is 8.46. The summed E-state index contributed by atoms with van der Waals surface area (Å²) in [4.78, 5) is 20.1. The average molecular weight is 493 g/mol. The van der Waals surface area contributed by atoms with Crippen LogP contribution in [0.25, 0.3) is 0 Å². The number of nitrogens with zero attached hydrogens (tertiary/aromatic N) is 2. The van der Waals surface area contributed by atoms with Gasteiger partial charge >= 0.3 is 0 Å². The molecule has 1 aromatic heterocycles. The van der Waals surface area contributed by atoms with E-state index in [9.17, 15) is 13.2 Å². The third-order valence-electron chi connectivity index (χ3n) is 3.93. The number of anilines is 2. The number of nitrogens with one attached hydrogen (secondary N) is 2. The molecular weight excluding hydrogens is 476 g/mol. The lowest BCUT2D eigenvalue weighted by atomic mass is 10.2. The third kappa shape index (κ3) is 5.05. The second kappa shape index (κ2) is 9.09. The number of carbonyl (C=O) groups is 1. The summed E-state index contributed by atoms with van der Waals surface area (Å²) in [6.07, 6.45) is 1.19. The van der Waals surface area contributed by atoms with Crippen molar-refractivity contribution in [2.45, 2.75) is 4.90 Å². The van der Waals surface area contributed by atoms with E-state index < -0.39 is 10.0 Å². The summed E-state index contributed by atoms with van der Waals surface area (Å²) in [7, 11) is -0.929. The third-order valence-corrected chi connectivity index (χ3v) is 5.92. The van der Waals surface area contributed by atoms with E-state index in [1.807, 2.05) is 0 Å². The topological polar surface area (TPSA) is 120 Å². The number of amides is 1. The van der Waals surface area contributed by atoms with Crippen LogP contribution >= 0.6 is 15.9 Å². The molecule has 3 rings (SSSR count). The fraction of sp³-hybridized carbons (Fsp3) is 0.105. The molecule has 1 heterocycles. The summed E-state index contributed by atoms with van der Waals surface area (Å²) in [6, 6.07) is 12.0. The molecule has 0 radical (unpaired) electrons. The molecule has 0 aliphatic carbocycles. The molecule has 0 bridgehead atoms. The van der Waals surface area contributed by atoms with Gasteiger partial charge in [-0.2, -0.15) is 0 Å². The molecule has 30 heavy (non-hydrogen) atoms. The fourth-order valence-corrected chi connectivity index (χ4v) is 3.97. The zero-order valence-electron chi connectivity index (χ0n) is 15.9. The van der Waals surface area contributed by atoms with Gasteiger partial charge in [-0.25, -0.2) is 18.4 Å². The Bertz CT molecular complexity index is 1170. The molecule has 11 heteroatoms. The second-order valence-electron chi connectivity index (χ2n) is 5.88. The number of methoxy groups -OCH3 is 2. The summed E-state index contributed by atoms with van der Waals surface area (Å²) in [6.45, 7) is 0. The second-order valence-corrected chi connectivity index (χ2v) is 8.42. The first-order valence-corrected chi connectivity index (χ1v) is 10.7. The predicted molar refractivity (Wildman–Crippen MR) is 114 cm³/mol. The molecule has 1 amide bonds. The standard InChI is InChI=1S/C19H17BrN4O5S/c1-28-16-8-3-12(9-15(16)20)19(25)23-13-4-6-14(7-5-13)30(26,27)24-17-10-18(29-2)22-11-21-17/h3-11H,1-2H3,(H,23,25)(H,21,22,24). The Kier molecular flexibility index (Phi) is 6.53. The molecule has 0 aliphatic heterocycles. The molecule has 9 nitrogen and oxygen atoms in total. The van der Waals surface area contributed by atoms with Crippen molar-refractivity contribution in [1.29, 1.82) is 0 Å². The molecule has 0 atom stereocenters. The first-order chi connectivity index (χ1) is 14.3. The van der Waals surface area contributed by atoms with Crippen LogP contribution in [-0.4, -0.2) is 38.5 Å². The van der Waals surface area contributed by atoms with E-state index in [1.165, 1.54) is 50.9 Å². The van der Waals surface area contributed by atoms with Crippen molar-refractivity contribution >= 4 is 43.4 Å². The molecule has 0 fully saturated rings. The molecule has 2 aromatic carbocycles. The number of rotatable bonds is 7. The maximum absolute atomic E-state index is 12.5. The van der Waals surface area contributed by atoms with E-state index in [0.717, 1.165) is 0 Å². The van der Waals surface area contributed by atoms with E-state index in [4.69, 9.17) is 9.47 Å². The van der Waals surface area contributed by atoms with Gasteiger partial charge in [-0.1, -0.05) is 0 Å². The van der Waals surface area contributed by atoms with Crippen molar-refractivity contribution in [3.63, 3.8) is 0 Å². The monoisotopic (exact) mass is 492 g/mol. The summed E-state index contributed by atoms with van der Waals surface area (Å²) < 4.78 is 38.2. The number of aromatic nitrogens is 2. The van der Waals surface area contributed by atoms with Gasteiger partial charge in [-0.05, 0) is 58.4 Å². The van der Waals surface area contributed by atoms with E-state index in [1.54, 1.807) is 18.2 Å². The van der Waals surface area contributed by atoms with E-state index >= 15 is 0 Å².